The van der Waals surface area contributed by atoms with Crippen molar-refractivity contribution in [2.24, 2.45) is 4.99 Å². The van der Waals surface area contributed by atoms with E-state index >= 15 is 0 Å². The number of aromatic nitrogens is 1. The first kappa shape index (κ1) is 23.7. The van der Waals surface area contributed by atoms with Gasteiger partial charge in [0.2, 0.25) is 5.69 Å². The highest BCUT2D eigenvalue weighted by molar-refractivity contribution is 6.30. The molecule has 0 spiro atoms. The summed E-state index contributed by atoms with van der Waals surface area (Å²) in [4.78, 5) is 16.0. The number of esters is 1. The molecular formula is C28H22ClN3O4. The molecule has 0 bridgehead atoms. The van der Waals surface area contributed by atoms with Gasteiger partial charge in [-0.1, -0.05) is 35.9 Å². The number of allylic oxidation sites excluding steroid dienone is 1. The Hall–Kier alpha value is -3.99. The number of hydrogen-bond acceptors (Lipinski definition) is 6. The van der Waals surface area contributed by atoms with Crippen molar-refractivity contribution in [1.29, 1.82) is 5.26 Å². The molecule has 36 heavy (non-hydrogen) atoms. The summed E-state index contributed by atoms with van der Waals surface area (Å²) in [5.41, 5.74) is 4.29. The zero-order valence-electron chi connectivity index (χ0n) is 19.5. The summed E-state index contributed by atoms with van der Waals surface area (Å²) >= 11 is 6.14. The van der Waals surface area contributed by atoms with Gasteiger partial charge in [0.25, 0.3) is 0 Å². The van der Waals surface area contributed by atoms with Crippen molar-refractivity contribution >= 4 is 28.9 Å². The first-order chi connectivity index (χ1) is 17.3. The number of aryl methyl sites for hydroxylation is 1. The third-order valence-electron chi connectivity index (χ3n) is 6.78. The number of carbonyl (C=O) groups excluding carboxylic acids is 1. The number of fused-ring (bicyclic) bond motifs is 1. The fourth-order valence-corrected chi connectivity index (χ4v) is 5.08. The number of nitrogens with zero attached hydrogens (tertiary/aromatic N) is 3. The summed E-state index contributed by atoms with van der Waals surface area (Å²) in [5, 5.41) is 34.8. The Morgan fingerprint density at radius 2 is 2.03 bits per heavy atom. The molecule has 180 valence electrons. The maximum absolute atomic E-state index is 13.2. The number of aliphatic imine (C=N–C) groups is 1. The molecule has 0 radical (unpaired) electrons. The number of hydrogen-bond donors (Lipinski definition) is 1. The molecule has 2 heterocycles. The van der Waals surface area contributed by atoms with E-state index in [4.69, 9.17) is 16.3 Å². The van der Waals surface area contributed by atoms with Gasteiger partial charge in [-0.3, -0.25) is 9.79 Å². The third-order valence-corrected chi connectivity index (χ3v) is 7.02. The molecule has 0 unspecified atom stereocenters. The highest BCUT2D eigenvalue weighted by atomic mass is 35.5. The van der Waals surface area contributed by atoms with Crippen LogP contribution in [0.4, 0.5) is 0 Å². The van der Waals surface area contributed by atoms with Crippen LogP contribution < -0.4 is 4.73 Å². The third kappa shape index (κ3) is 4.15. The van der Waals surface area contributed by atoms with Gasteiger partial charge in [0.05, 0.1) is 30.9 Å². The van der Waals surface area contributed by atoms with E-state index in [1.165, 1.54) is 13.3 Å². The van der Waals surface area contributed by atoms with Crippen LogP contribution in [0.3, 0.4) is 0 Å². The maximum atomic E-state index is 13.2. The molecule has 0 fully saturated rings. The van der Waals surface area contributed by atoms with Gasteiger partial charge < -0.3 is 15.1 Å². The van der Waals surface area contributed by atoms with E-state index < -0.39 is 5.60 Å². The first-order valence-corrected chi connectivity index (χ1v) is 11.8. The molecule has 1 aliphatic carbocycles. The van der Waals surface area contributed by atoms with E-state index in [2.05, 4.69) is 11.1 Å². The molecule has 2 aromatic carbocycles. The summed E-state index contributed by atoms with van der Waals surface area (Å²) in [6.45, 7) is 0. The molecule has 3 aromatic rings. The Morgan fingerprint density at radius 3 is 2.75 bits per heavy atom. The van der Waals surface area contributed by atoms with Gasteiger partial charge >= 0.3 is 5.97 Å². The van der Waals surface area contributed by atoms with Gasteiger partial charge in [0.15, 0.2) is 11.8 Å². The van der Waals surface area contributed by atoms with Gasteiger partial charge in [-0.25, -0.2) is 0 Å². The standard InChI is InChI=1S/C28H22ClN3O4/c1-36-26(33)10-17-2-4-18(5-3-17)21-12-25(31-15-21)28(34)9-8-19-11-22(16-32(35)27(19)28)24-13-23(29)7-6-20(24)14-30/h2-7,11,13,15-16,34H,8-10,12H2,1H3/t28-/m0/s1. The fourth-order valence-electron chi connectivity index (χ4n) is 4.91. The Bertz CT molecular complexity index is 1490. The van der Waals surface area contributed by atoms with Crippen molar-refractivity contribution in [2.75, 3.05) is 7.11 Å². The second-order valence-corrected chi connectivity index (χ2v) is 9.38. The molecule has 1 N–H and O–H groups in total. The molecule has 1 aliphatic heterocycles. The lowest BCUT2D eigenvalue weighted by atomic mass is 9.89. The molecule has 1 aromatic heterocycles. The van der Waals surface area contributed by atoms with Crippen LogP contribution >= 0.6 is 11.6 Å². The lowest BCUT2D eigenvalue weighted by Crippen LogP contribution is -2.45. The molecule has 1 atom stereocenters. The topological polar surface area (TPSA) is 110 Å². The van der Waals surface area contributed by atoms with Gasteiger partial charge in [0, 0.05) is 34.3 Å². The van der Waals surface area contributed by atoms with Crippen molar-refractivity contribution in [3.05, 3.63) is 99.1 Å². The molecule has 0 saturated carbocycles. The molecule has 8 heteroatoms. The van der Waals surface area contributed by atoms with Crippen LogP contribution in [0.1, 0.15) is 40.8 Å². The van der Waals surface area contributed by atoms with Gasteiger partial charge in [0.1, 0.15) is 0 Å². The van der Waals surface area contributed by atoms with Crippen LogP contribution in [-0.2, 0) is 28.0 Å². The van der Waals surface area contributed by atoms with Crippen molar-refractivity contribution in [2.45, 2.75) is 31.3 Å². The average molecular weight is 500 g/mol. The van der Waals surface area contributed by atoms with Crippen molar-refractivity contribution in [3.8, 4) is 17.2 Å². The highest BCUT2D eigenvalue weighted by Gasteiger charge is 2.49. The summed E-state index contributed by atoms with van der Waals surface area (Å²) in [6.07, 6.45) is 4.54. The maximum Gasteiger partial charge on any atom is 0.309 e. The summed E-state index contributed by atoms with van der Waals surface area (Å²) < 4.78 is 5.41. The largest absolute Gasteiger partial charge is 0.618 e. The minimum atomic E-state index is -1.48. The van der Waals surface area contributed by atoms with Crippen molar-refractivity contribution in [3.63, 3.8) is 0 Å². The van der Waals surface area contributed by atoms with Crippen molar-refractivity contribution in [1.82, 2.24) is 0 Å². The zero-order valence-corrected chi connectivity index (χ0v) is 20.2. The smallest absolute Gasteiger partial charge is 0.309 e. The molecule has 5 rings (SSSR count). The molecule has 7 nitrogen and oxygen atoms in total. The van der Waals surface area contributed by atoms with Crippen LogP contribution in [-0.4, -0.2) is 23.9 Å². The Kier molecular flexibility index (Phi) is 6.09. The van der Waals surface area contributed by atoms with Crippen LogP contribution in [0.2, 0.25) is 5.02 Å². The average Bonchev–Trinajstić information content (AvgIpc) is 3.51. The van der Waals surface area contributed by atoms with Crippen LogP contribution in [0.15, 0.2) is 65.9 Å². The molecule has 0 saturated heterocycles. The van der Waals surface area contributed by atoms with Crippen LogP contribution in [0.25, 0.3) is 16.7 Å². The number of carbonyl (C=O) groups is 1. The summed E-state index contributed by atoms with van der Waals surface area (Å²) in [6, 6.07) is 16.5. The second kappa shape index (κ2) is 9.23. The highest BCUT2D eigenvalue weighted by Crippen LogP contribution is 2.42. The van der Waals surface area contributed by atoms with E-state index in [9.17, 15) is 20.4 Å². The number of nitriles is 1. The van der Waals surface area contributed by atoms with Gasteiger partial charge in [-0.15, -0.1) is 0 Å². The monoisotopic (exact) mass is 499 g/mol. The Morgan fingerprint density at radius 1 is 1.25 bits per heavy atom. The predicted octanol–water partition coefficient (Wildman–Crippen LogP) is 4.25. The minimum absolute atomic E-state index is 0.199. The lowest BCUT2D eigenvalue weighted by molar-refractivity contribution is -0.619. The van der Waals surface area contributed by atoms with E-state index in [1.807, 2.05) is 30.3 Å². The number of halogens is 1. The van der Waals surface area contributed by atoms with Crippen LogP contribution in [0.5, 0.6) is 0 Å². The normalized spacial score (nSPS) is 18.3. The van der Waals surface area contributed by atoms with E-state index in [0.717, 1.165) is 22.3 Å². The van der Waals surface area contributed by atoms with E-state index in [0.29, 0.717) is 51.4 Å². The number of benzene rings is 2. The molecule has 0 amide bonds. The number of pyridine rings is 1. The van der Waals surface area contributed by atoms with Gasteiger partial charge in [-0.2, -0.15) is 9.99 Å². The van der Waals surface area contributed by atoms with E-state index in [-0.39, 0.29) is 18.1 Å². The number of rotatable bonds is 5. The SMILES string of the molecule is COC(=O)Cc1ccc(C2=CN=C([C@@]3(O)CCc4cc(-c5cc(Cl)ccc5C#N)c[n+]([O-])c43)C2)cc1. The number of aliphatic hydroxyl groups is 1. The van der Waals surface area contributed by atoms with Gasteiger partial charge in [-0.05, 0) is 53.8 Å². The summed E-state index contributed by atoms with van der Waals surface area (Å²) in [5.74, 6) is -0.302. The molecule has 2 aliphatic rings. The van der Waals surface area contributed by atoms with Crippen LogP contribution in [0, 0.1) is 16.5 Å². The Balaban J connectivity index is 1.40. The summed E-state index contributed by atoms with van der Waals surface area (Å²) in [7, 11) is 1.36. The zero-order chi connectivity index (χ0) is 25.4. The molecular weight excluding hydrogens is 478 g/mol. The second-order valence-electron chi connectivity index (χ2n) is 8.95. The lowest BCUT2D eigenvalue weighted by Gasteiger charge is -2.23. The Labute approximate surface area is 213 Å². The predicted molar refractivity (Wildman–Crippen MR) is 135 cm³/mol. The fraction of sp³-hybridized carbons (Fsp3) is 0.214. The first-order valence-electron chi connectivity index (χ1n) is 11.4. The van der Waals surface area contributed by atoms with E-state index in [1.54, 1.807) is 24.4 Å². The quantitative estimate of drug-likeness (QED) is 0.320. The minimum Gasteiger partial charge on any atom is -0.618 e. The number of ether oxygens (including phenoxy) is 1. The number of methoxy groups -OCH3 is 1. The van der Waals surface area contributed by atoms with Crippen molar-refractivity contribution < 1.29 is 19.4 Å².